The Kier molecular flexibility index (Phi) is 2.43. The Balaban J connectivity index is 2.50. The van der Waals surface area contributed by atoms with Crippen LogP contribution in [0.25, 0.3) is 10.9 Å². The number of hydrogen-bond donors (Lipinski definition) is 2. The molecular weight excluding hydrogens is 274 g/mol. The van der Waals surface area contributed by atoms with Crippen LogP contribution in [0.1, 0.15) is 18.0 Å². The maximum absolute atomic E-state index is 11.9. The predicted molar refractivity (Wildman–Crippen MR) is 82.2 cm³/mol. The molecule has 1 heterocycles. The summed E-state index contributed by atoms with van der Waals surface area (Å²) >= 11 is 0. The number of likely N-dealkylation sites (N-methyl/N-ethyl adjacent to an activating group) is 1. The molecule has 0 spiro atoms. The summed E-state index contributed by atoms with van der Waals surface area (Å²) in [6.45, 7) is -2.90. The molecule has 2 rings (SSSR count). The minimum atomic E-state index is -3.83. The van der Waals surface area contributed by atoms with Crippen molar-refractivity contribution in [3.8, 4) is 0 Å². The lowest BCUT2D eigenvalue weighted by Crippen LogP contribution is -2.20. The molecule has 0 fully saturated rings. The quantitative estimate of drug-likeness (QED) is 0.846. The van der Waals surface area contributed by atoms with Crippen molar-refractivity contribution in [3.63, 3.8) is 0 Å². The first-order valence-corrected chi connectivity index (χ1v) is 7.56. The topological polar surface area (TPSA) is 65.2 Å². The molecule has 5 nitrogen and oxygen atoms in total. The maximum Gasteiger partial charge on any atom is 0.215 e. The molecule has 20 heavy (non-hydrogen) atoms. The Morgan fingerprint density at radius 2 is 2.40 bits per heavy atom. The van der Waals surface area contributed by atoms with E-state index in [0.717, 1.165) is 16.9 Å². The molecule has 0 saturated heterocycles. The Labute approximate surface area is 130 Å². The third-order valence-corrected chi connectivity index (χ3v) is 4.07. The van der Waals surface area contributed by atoms with Gasteiger partial charge in [0, 0.05) is 30.5 Å². The van der Waals surface area contributed by atoms with Gasteiger partial charge in [-0.25, -0.2) is 13.1 Å². The maximum atomic E-state index is 11.9. The zero-order valence-corrected chi connectivity index (χ0v) is 12.1. The number of fused-ring (bicyclic) bond motifs is 1. The van der Waals surface area contributed by atoms with Crippen LogP contribution >= 0.6 is 0 Å². The molecule has 0 aliphatic carbocycles. The van der Waals surface area contributed by atoms with E-state index >= 15 is 0 Å². The molecule has 0 aliphatic rings. The van der Waals surface area contributed by atoms with Crippen LogP contribution in [0.2, 0.25) is 2.82 Å². The van der Waals surface area contributed by atoms with Gasteiger partial charge in [-0.05, 0) is 50.7 Å². The normalized spacial score (nSPS) is 19.1. The number of nitrogens with one attached hydrogen (secondary N) is 2. The van der Waals surface area contributed by atoms with Crippen LogP contribution < -0.4 is 4.72 Å². The van der Waals surface area contributed by atoms with Gasteiger partial charge in [-0.2, -0.15) is 0 Å². The number of rotatable bonds is 6. The van der Waals surface area contributed by atoms with Crippen molar-refractivity contribution in [2.24, 2.45) is 0 Å². The van der Waals surface area contributed by atoms with E-state index in [9.17, 15) is 8.42 Å². The van der Waals surface area contributed by atoms with Gasteiger partial charge in [-0.3, -0.25) is 0 Å². The smallest absolute Gasteiger partial charge is 0.215 e. The van der Waals surface area contributed by atoms with Gasteiger partial charge >= 0.3 is 0 Å². The summed E-state index contributed by atoms with van der Waals surface area (Å²) in [4.78, 5) is 1.87. The van der Waals surface area contributed by atoms with E-state index in [1.165, 1.54) is 31.4 Å². The minimum Gasteiger partial charge on any atom is -0.361 e. The van der Waals surface area contributed by atoms with Crippen molar-refractivity contribution in [3.05, 3.63) is 35.5 Å². The molecule has 0 saturated carbocycles. The molecule has 0 atom stereocenters. The van der Waals surface area contributed by atoms with E-state index in [-0.39, 0.29) is 5.56 Å². The molecule has 0 aliphatic heterocycles. The van der Waals surface area contributed by atoms with Crippen LogP contribution in [-0.4, -0.2) is 45.9 Å². The van der Waals surface area contributed by atoms with Gasteiger partial charge in [0.05, 0.1) is 5.75 Å². The number of benzene rings is 1. The summed E-state index contributed by atoms with van der Waals surface area (Å²) < 4.78 is 78.2. The first kappa shape index (κ1) is 8.17. The summed E-state index contributed by atoms with van der Waals surface area (Å²) in [5.41, 5.74) is 0.807. The highest BCUT2D eigenvalue weighted by Crippen LogP contribution is 2.21. The molecule has 1 aromatic heterocycles. The molecule has 1 aromatic carbocycles. The van der Waals surface area contributed by atoms with Gasteiger partial charge < -0.3 is 9.88 Å². The average molecular weight is 302 g/mol. The van der Waals surface area contributed by atoms with Crippen LogP contribution in [0, 0.1) is 0 Å². The molecule has 0 unspecified atom stereocenters. The van der Waals surface area contributed by atoms with Crippen LogP contribution in [0.3, 0.4) is 0 Å². The largest absolute Gasteiger partial charge is 0.361 e. The number of hydrogen-bond acceptors (Lipinski definition) is 3. The zero-order chi connectivity index (χ0) is 20.8. The number of H-pyrrole nitrogens is 1. The van der Waals surface area contributed by atoms with Crippen molar-refractivity contribution in [2.75, 3.05) is 27.6 Å². The second kappa shape index (κ2) is 5.95. The second-order valence-electron chi connectivity index (χ2n) is 4.47. The standard InChI is InChI=1S/C14H21N3O2S/c1-15-20(18,19)10-11-4-5-14-13(8-11)12(9-16-14)6-7-17(2)3/h4-5,8-9,15-16H,6-7,10H2,1-3H3/i2D3,6D2/hD2. The van der Waals surface area contributed by atoms with E-state index in [0.29, 0.717) is 21.2 Å². The highest BCUT2D eigenvalue weighted by molar-refractivity contribution is 7.88. The fourth-order valence-corrected chi connectivity index (χ4v) is 2.55. The third-order valence-electron chi connectivity index (χ3n) is 2.82. The van der Waals surface area contributed by atoms with Crippen molar-refractivity contribution in [2.45, 2.75) is 12.1 Å². The number of sulfonamides is 1. The Morgan fingerprint density at radius 3 is 3.10 bits per heavy atom. The molecular formula is C14H21N3O2S. The van der Waals surface area contributed by atoms with Gasteiger partial charge in [-0.15, -0.1) is 0 Å². The summed E-state index contributed by atoms with van der Waals surface area (Å²) in [5, 5.41) is 0.328. The van der Waals surface area contributed by atoms with E-state index in [2.05, 4.69) is 0 Å². The van der Waals surface area contributed by atoms with Gasteiger partial charge in [0.25, 0.3) is 0 Å². The van der Waals surface area contributed by atoms with Crippen LogP contribution in [0.4, 0.5) is 0 Å². The lowest BCUT2D eigenvalue weighted by Gasteiger charge is -2.08. The van der Waals surface area contributed by atoms with Crippen LogP contribution in [0.15, 0.2) is 24.4 Å². The molecule has 6 heteroatoms. The first-order chi connectivity index (χ1) is 12.1. The molecule has 2 N–H and O–H groups in total. The fraction of sp³-hybridized carbons (Fsp3) is 0.429. The van der Waals surface area contributed by atoms with Gasteiger partial charge in [0.15, 0.2) is 1.41 Å². The first-order valence-electron chi connectivity index (χ1n) is 9.35. The SMILES string of the molecule is [2H]N(C)S(=O)(=O)Cc1ccc2c(c1)c(C([2H])([2H])CN(C)C([2H])([2H])[2H])cn2[2H]. The monoisotopic (exact) mass is 302 g/mol. The van der Waals surface area contributed by atoms with Crippen LogP contribution in [0.5, 0.6) is 0 Å². The van der Waals surface area contributed by atoms with E-state index in [1.54, 1.807) is 0 Å². The average Bonchev–Trinajstić information content (AvgIpc) is 2.82. The van der Waals surface area contributed by atoms with E-state index in [1.807, 2.05) is 0 Å². The summed E-state index contributed by atoms with van der Waals surface area (Å²) in [6, 6.07) is 4.47. The van der Waals surface area contributed by atoms with Crippen molar-refractivity contribution in [1.29, 1.82) is 0 Å². The van der Waals surface area contributed by atoms with E-state index in [4.69, 9.17) is 9.68 Å². The molecule has 0 radical (unpaired) electrons. The highest BCUT2D eigenvalue weighted by atomic mass is 32.2. The summed E-state index contributed by atoms with van der Waals surface area (Å²) in [5.74, 6) is -0.441. The number of aromatic nitrogens is 1. The van der Waals surface area contributed by atoms with Crippen molar-refractivity contribution >= 4 is 20.9 Å². The van der Waals surface area contributed by atoms with Crippen molar-refractivity contribution < 1.29 is 18.1 Å². The Morgan fingerprint density at radius 1 is 1.60 bits per heavy atom. The fourth-order valence-electron chi connectivity index (χ4n) is 1.82. The van der Waals surface area contributed by atoms with Crippen molar-refractivity contribution in [1.82, 2.24) is 14.6 Å². The van der Waals surface area contributed by atoms with E-state index < -0.39 is 35.7 Å². The van der Waals surface area contributed by atoms with Gasteiger partial charge in [0.2, 0.25) is 10.0 Å². The molecule has 0 bridgehead atoms. The molecule has 2 aromatic rings. The minimum absolute atomic E-state index is 0.0991. The second-order valence-corrected chi connectivity index (χ2v) is 6.28. The van der Waals surface area contributed by atoms with Gasteiger partial charge in [0.1, 0.15) is 1.41 Å². The van der Waals surface area contributed by atoms with Gasteiger partial charge in [-0.1, -0.05) is 6.07 Å². The summed E-state index contributed by atoms with van der Waals surface area (Å²) in [6.07, 6.45) is -0.829. The molecule has 110 valence electrons. The number of aromatic amines is 1. The lowest BCUT2D eigenvalue weighted by atomic mass is 10.1. The predicted octanol–water partition coefficient (Wildman–Crippen LogP) is 1.32. The lowest BCUT2D eigenvalue weighted by molar-refractivity contribution is 0.414. The van der Waals surface area contributed by atoms with Crippen LogP contribution in [-0.2, 0) is 22.1 Å². The summed E-state index contributed by atoms with van der Waals surface area (Å²) in [7, 11) is -1.45. The zero-order valence-electron chi connectivity index (χ0n) is 18.3. The number of nitrogens with zero attached hydrogens (tertiary/aromatic N) is 1. The molecule has 0 amide bonds. The Bertz CT molecular complexity index is 938. The Hall–Kier alpha value is -1.37. The third kappa shape index (κ3) is 3.59. The highest BCUT2D eigenvalue weighted by Gasteiger charge is 2.11.